The molecule has 0 bridgehead atoms. The number of ether oxygens (including phenoxy) is 1. The van der Waals surface area contributed by atoms with E-state index in [0.29, 0.717) is 12.1 Å². The van der Waals surface area contributed by atoms with E-state index in [0.717, 1.165) is 55.3 Å². The van der Waals surface area contributed by atoms with Gasteiger partial charge < -0.3 is 9.72 Å². The predicted octanol–water partition coefficient (Wildman–Crippen LogP) is 3.05. The molecule has 104 valence electrons. The van der Waals surface area contributed by atoms with Gasteiger partial charge in [0.05, 0.1) is 7.11 Å². The quantitative estimate of drug-likeness (QED) is 0.671. The van der Waals surface area contributed by atoms with Gasteiger partial charge in [0, 0.05) is 17.7 Å². The van der Waals surface area contributed by atoms with Crippen LogP contribution in [0.4, 0.5) is 0 Å². The van der Waals surface area contributed by atoms with Crippen molar-refractivity contribution in [2.45, 2.75) is 51.9 Å². The highest BCUT2D eigenvalue weighted by Crippen LogP contribution is 2.28. The van der Waals surface area contributed by atoms with Crippen LogP contribution in [0, 0.1) is 0 Å². The molecule has 0 fully saturated rings. The van der Waals surface area contributed by atoms with Crippen molar-refractivity contribution in [3.63, 3.8) is 0 Å². The van der Waals surface area contributed by atoms with Crippen molar-refractivity contribution in [1.29, 1.82) is 0 Å². The lowest BCUT2D eigenvalue weighted by Crippen LogP contribution is -2.06. The third-order valence-corrected chi connectivity index (χ3v) is 3.71. The van der Waals surface area contributed by atoms with Crippen LogP contribution in [0.15, 0.2) is 0 Å². The highest BCUT2D eigenvalue weighted by atomic mass is 16.5. The third kappa shape index (κ3) is 2.72. The topological polar surface area (TPSA) is 59.2 Å². The molecule has 0 amide bonds. The number of aromatic amines is 1. The Hall–Kier alpha value is -1.58. The van der Waals surface area contributed by atoms with Crippen molar-refractivity contribution in [3.05, 3.63) is 22.5 Å². The first-order valence-electron chi connectivity index (χ1n) is 7.04. The first-order valence-corrected chi connectivity index (χ1v) is 7.04. The number of hydrogen-bond donors (Lipinski definition) is 1. The lowest BCUT2D eigenvalue weighted by molar-refractivity contribution is 0.0593. The molecule has 0 saturated carbocycles. The van der Waals surface area contributed by atoms with Crippen LogP contribution >= 0.6 is 0 Å². The lowest BCUT2D eigenvalue weighted by atomic mass is 10.0. The molecule has 0 radical (unpaired) electrons. The zero-order valence-electron chi connectivity index (χ0n) is 11.7. The largest absolute Gasteiger partial charge is 0.464 e. The molecule has 0 aromatic carbocycles. The summed E-state index contributed by atoms with van der Waals surface area (Å²) in [5.41, 5.74) is 3.05. The van der Waals surface area contributed by atoms with Crippen molar-refractivity contribution < 1.29 is 14.3 Å². The Labute approximate surface area is 113 Å². The van der Waals surface area contributed by atoms with Gasteiger partial charge >= 0.3 is 5.97 Å². The van der Waals surface area contributed by atoms with E-state index in [1.54, 1.807) is 0 Å². The van der Waals surface area contributed by atoms with Crippen LogP contribution in [0.1, 0.15) is 71.1 Å². The number of methoxy groups -OCH3 is 1. The molecule has 0 unspecified atom stereocenters. The molecule has 1 aliphatic rings. The second-order valence-electron chi connectivity index (χ2n) is 5.06. The van der Waals surface area contributed by atoms with Crippen molar-refractivity contribution in [2.75, 3.05) is 7.11 Å². The first kappa shape index (κ1) is 13.8. The number of carbonyl (C=O) groups excluding carboxylic acids is 2. The van der Waals surface area contributed by atoms with Crippen LogP contribution in [-0.2, 0) is 17.6 Å². The number of fused-ring (bicyclic) bond motifs is 1. The molecule has 1 heterocycles. The van der Waals surface area contributed by atoms with E-state index < -0.39 is 0 Å². The monoisotopic (exact) mass is 263 g/mol. The van der Waals surface area contributed by atoms with E-state index in [2.05, 4.69) is 11.9 Å². The lowest BCUT2D eigenvalue weighted by Gasteiger charge is -2.02. The summed E-state index contributed by atoms with van der Waals surface area (Å²) in [5, 5.41) is 0. The van der Waals surface area contributed by atoms with Crippen LogP contribution in [0.3, 0.4) is 0 Å². The molecule has 1 aromatic heterocycles. The molecule has 1 aliphatic carbocycles. The molecular formula is C15H21NO3. The van der Waals surface area contributed by atoms with Gasteiger partial charge in [0.1, 0.15) is 5.69 Å². The van der Waals surface area contributed by atoms with Crippen LogP contribution in [0.2, 0.25) is 0 Å². The molecule has 0 atom stereocenters. The number of nitrogens with one attached hydrogen (secondary N) is 1. The maximum Gasteiger partial charge on any atom is 0.354 e. The second-order valence-corrected chi connectivity index (χ2v) is 5.06. The van der Waals surface area contributed by atoms with Crippen molar-refractivity contribution in [1.82, 2.24) is 4.98 Å². The Balaban J connectivity index is 2.46. The van der Waals surface area contributed by atoms with Gasteiger partial charge in [0.25, 0.3) is 0 Å². The SMILES string of the molecule is CCCCc1[nH]c(C(=O)OC)c2c1C(=O)CCCC2. The number of rotatable bonds is 4. The van der Waals surface area contributed by atoms with Crippen LogP contribution < -0.4 is 0 Å². The Bertz CT molecular complexity index is 488. The standard InChI is InChI=1S/C15H21NO3/c1-3-4-8-11-13-10(7-5-6-9-12(13)17)14(16-11)15(18)19-2/h16H,3-9H2,1-2H3. The normalized spacial score (nSPS) is 14.9. The van der Waals surface area contributed by atoms with Crippen molar-refractivity contribution in [3.8, 4) is 0 Å². The van der Waals surface area contributed by atoms with E-state index in [4.69, 9.17) is 4.74 Å². The minimum absolute atomic E-state index is 0.171. The Morgan fingerprint density at radius 3 is 2.74 bits per heavy atom. The molecule has 1 aromatic rings. The average Bonchev–Trinajstić information content (AvgIpc) is 2.67. The first-order chi connectivity index (χ1) is 9.19. The van der Waals surface area contributed by atoms with E-state index in [1.165, 1.54) is 7.11 Å². The number of ketones is 1. The number of esters is 1. The molecule has 1 N–H and O–H groups in total. The zero-order valence-corrected chi connectivity index (χ0v) is 11.7. The minimum atomic E-state index is -0.367. The fraction of sp³-hybridized carbons (Fsp3) is 0.600. The number of Topliss-reactive ketones (excluding diaryl/α,β-unsaturated/α-hetero) is 1. The minimum Gasteiger partial charge on any atom is -0.464 e. The summed E-state index contributed by atoms with van der Waals surface area (Å²) >= 11 is 0. The predicted molar refractivity (Wildman–Crippen MR) is 72.6 cm³/mol. The number of aromatic nitrogens is 1. The summed E-state index contributed by atoms with van der Waals surface area (Å²) in [6, 6.07) is 0. The van der Waals surface area contributed by atoms with Crippen LogP contribution in [0.25, 0.3) is 0 Å². The number of unbranched alkanes of at least 4 members (excludes halogenated alkanes) is 1. The molecule has 2 rings (SSSR count). The van der Waals surface area contributed by atoms with Crippen molar-refractivity contribution in [2.24, 2.45) is 0 Å². The van der Waals surface area contributed by atoms with Gasteiger partial charge in [-0.05, 0) is 37.7 Å². The van der Waals surface area contributed by atoms with Gasteiger partial charge in [-0.15, -0.1) is 0 Å². The van der Waals surface area contributed by atoms with Crippen molar-refractivity contribution >= 4 is 11.8 Å². The Morgan fingerprint density at radius 1 is 1.32 bits per heavy atom. The van der Waals surface area contributed by atoms with E-state index in [9.17, 15) is 9.59 Å². The third-order valence-electron chi connectivity index (χ3n) is 3.71. The second kappa shape index (κ2) is 6.04. The summed E-state index contributed by atoms with van der Waals surface area (Å²) in [6.07, 6.45) is 6.13. The molecular weight excluding hydrogens is 242 g/mol. The van der Waals surface area contributed by atoms with Gasteiger partial charge in [-0.1, -0.05) is 13.3 Å². The van der Waals surface area contributed by atoms with E-state index in [-0.39, 0.29) is 11.8 Å². The summed E-state index contributed by atoms with van der Waals surface area (Å²) < 4.78 is 4.81. The Morgan fingerprint density at radius 2 is 2.05 bits per heavy atom. The highest BCUT2D eigenvalue weighted by molar-refractivity contribution is 6.02. The van der Waals surface area contributed by atoms with Crippen LogP contribution in [0.5, 0.6) is 0 Å². The number of aryl methyl sites for hydroxylation is 1. The number of hydrogen-bond acceptors (Lipinski definition) is 3. The maximum atomic E-state index is 12.2. The summed E-state index contributed by atoms with van der Waals surface area (Å²) in [4.78, 5) is 27.2. The molecule has 4 heteroatoms. The molecule has 19 heavy (non-hydrogen) atoms. The molecule has 0 saturated heterocycles. The highest BCUT2D eigenvalue weighted by Gasteiger charge is 2.27. The average molecular weight is 263 g/mol. The van der Waals surface area contributed by atoms with Gasteiger partial charge in [-0.2, -0.15) is 0 Å². The molecule has 0 aliphatic heterocycles. The summed E-state index contributed by atoms with van der Waals surface area (Å²) in [7, 11) is 1.37. The van der Waals surface area contributed by atoms with E-state index in [1.807, 2.05) is 0 Å². The Kier molecular flexibility index (Phi) is 4.40. The fourth-order valence-electron chi connectivity index (χ4n) is 2.71. The van der Waals surface area contributed by atoms with Gasteiger partial charge in [0.2, 0.25) is 0 Å². The smallest absolute Gasteiger partial charge is 0.354 e. The molecule has 0 spiro atoms. The van der Waals surface area contributed by atoms with E-state index >= 15 is 0 Å². The van der Waals surface area contributed by atoms with Crippen LogP contribution in [-0.4, -0.2) is 23.8 Å². The summed E-state index contributed by atoms with van der Waals surface area (Å²) in [6.45, 7) is 2.12. The molecule has 4 nitrogen and oxygen atoms in total. The zero-order chi connectivity index (χ0) is 13.8. The number of carbonyl (C=O) groups is 2. The van der Waals surface area contributed by atoms with Gasteiger partial charge in [-0.3, -0.25) is 4.79 Å². The fourth-order valence-corrected chi connectivity index (χ4v) is 2.71. The maximum absolute atomic E-state index is 12.2. The summed E-state index contributed by atoms with van der Waals surface area (Å²) in [5.74, 6) is -0.196. The van der Waals surface area contributed by atoms with Gasteiger partial charge in [0.15, 0.2) is 5.78 Å². The van der Waals surface area contributed by atoms with Gasteiger partial charge in [-0.25, -0.2) is 4.79 Å². The number of H-pyrrole nitrogens is 1.